The van der Waals surface area contributed by atoms with E-state index in [-0.39, 0.29) is 5.82 Å². The van der Waals surface area contributed by atoms with Crippen LogP contribution < -0.4 is 0 Å². The number of halogens is 2. The Bertz CT molecular complexity index is 347. The van der Waals surface area contributed by atoms with Gasteiger partial charge in [0.1, 0.15) is 5.82 Å². The predicted molar refractivity (Wildman–Crippen MR) is 53.4 cm³/mol. The Hall–Kier alpha value is -1.00. The summed E-state index contributed by atoms with van der Waals surface area (Å²) in [5.74, 6) is 6.16. The normalized spacial score (nSPS) is 9.15. The summed E-state index contributed by atoms with van der Waals surface area (Å²) in [5, 5.41) is 0. The van der Waals surface area contributed by atoms with Crippen LogP contribution in [0.3, 0.4) is 0 Å². The number of benzene rings is 1. The third-order valence-corrected chi connectivity index (χ3v) is 1.82. The molecule has 0 nitrogen and oxygen atoms in total. The van der Waals surface area contributed by atoms with Gasteiger partial charge in [-0.1, -0.05) is 11.8 Å². The molecule has 0 bridgehead atoms. The fourth-order valence-corrected chi connectivity index (χ4v) is 1.07. The van der Waals surface area contributed by atoms with Gasteiger partial charge in [0.05, 0.1) is 0 Å². The third-order valence-electron chi connectivity index (χ3n) is 1.63. The summed E-state index contributed by atoms with van der Waals surface area (Å²) >= 11 is 5.47. The Labute approximate surface area is 82.7 Å². The molecule has 0 heterocycles. The SMILES string of the molecule is Cc1cc(F)ccc1C#CCCCl. The van der Waals surface area contributed by atoms with Crippen molar-refractivity contribution in [3.05, 3.63) is 35.1 Å². The standard InChI is InChI=1S/C11H10ClF/c1-9-8-11(13)6-5-10(9)4-2-3-7-12/h5-6,8H,3,7H2,1H3. The fraction of sp³-hybridized carbons (Fsp3) is 0.273. The molecule has 1 aromatic rings. The van der Waals surface area contributed by atoms with Gasteiger partial charge >= 0.3 is 0 Å². The van der Waals surface area contributed by atoms with Crippen LogP contribution >= 0.6 is 11.6 Å². The summed E-state index contributed by atoms with van der Waals surface area (Å²) in [6, 6.07) is 4.58. The van der Waals surface area contributed by atoms with Crippen molar-refractivity contribution >= 4 is 11.6 Å². The van der Waals surface area contributed by atoms with Crippen LogP contribution in [0, 0.1) is 24.6 Å². The summed E-state index contributed by atoms with van der Waals surface area (Å²) in [6.07, 6.45) is 0.665. The summed E-state index contributed by atoms with van der Waals surface area (Å²) in [7, 11) is 0. The average molecular weight is 197 g/mol. The molecule has 0 aliphatic rings. The molecule has 1 aromatic carbocycles. The smallest absolute Gasteiger partial charge is 0.123 e. The van der Waals surface area contributed by atoms with E-state index in [1.165, 1.54) is 12.1 Å². The first-order valence-corrected chi connectivity index (χ1v) is 4.58. The van der Waals surface area contributed by atoms with E-state index in [1.54, 1.807) is 6.07 Å². The first kappa shape index (κ1) is 10.1. The minimum atomic E-state index is -0.222. The molecule has 0 atom stereocenters. The summed E-state index contributed by atoms with van der Waals surface area (Å²) in [4.78, 5) is 0. The molecule has 13 heavy (non-hydrogen) atoms. The van der Waals surface area contributed by atoms with Gasteiger partial charge in [0, 0.05) is 17.9 Å². The number of hydrogen-bond acceptors (Lipinski definition) is 0. The van der Waals surface area contributed by atoms with Gasteiger partial charge in [-0.3, -0.25) is 0 Å². The molecule has 0 amide bonds. The van der Waals surface area contributed by atoms with Gasteiger partial charge in [-0.2, -0.15) is 0 Å². The van der Waals surface area contributed by atoms with Crippen LogP contribution in [-0.2, 0) is 0 Å². The van der Waals surface area contributed by atoms with Crippen LogP contribution in [0.1, 0.15) is 17.5 Å². The zero-order valence-electron chi connectivity index (χ0n) is 7.40. The van der Waals surface area contributed by atoms with Crippen LogP contribution in [0.2, 0.25) is 0 Å². The molecular formula is C11H10ClF. The number of rotatable bonds is 1. The van der Waals surface area contributed by atoms with E-state index < -0.39 is 0 Å². The highest BCUT2D eigenvalue weighted by Crippen LogP contribution is 2.08. The quantitative estimate of drug-likeness (QED) is 0.478. The monoisotopic (exact) mass is 196 g/mol. The molecule has 0 aromatic heterocycles. The highest BCUT2D eigenvalue weighted by molar-refractivity contribution is 6.18. The van der Waals surface area contributed by atoms with Gasteiger partial charge in [0.2, 0.25) is 0 Å². The van der Waals surface area contributed by atoms with Crippen molar-refractivity contribution in [1.82, 2.24) is 0 Å². The van der Waals surface area contributed by atoms with E-state index >= 15 is 0 Å². The maximum absolute atomic E-state index is 12.7. The zero-order valence-corrected chi connectivity index (χ0v) is 8.16. The maximum atomic E-state index is 12.7. The molecule has 0 aliphatic heterocycles. The van der Waals surface area contributed by atoms with Crippen LogP contribution in [0.5, 0.6) is 0 Å². The zero-order chi connectivity index (χ0) is 9.68. The van der Waals surface area contributed by atoms with Gasteiger partial charge in [-0.25, -0.2) is 4.39 Å². The Morgan fingerprint density at radius 1 is 1.46 bits per heavy atom. The molecule has 0 unspecified atom stereocenters. The number of aryl methyl sites for hydroxylation is 1. The first-order chi connectivity index (χ1) is 6.24. The Balaban J connectivity index is 2.85. The number of alkyl halides is 1. The topological polar surface area (TPSA) is 0 Å². The molecule has 0 radical (unpaired) electrons. The highest BCUT2D eigenvalue weighted by Gasteiger charge is 1.95. The Morgan fingerprint density at radius 3 is 2.85 bits per heavy atom. The Morgan fingerprint density at radius 2 is 2.23 bits per heavy atom. The molecule has 0 saturated heterocycles. The van der Waals surface area contributed by atoms with Crippen molar-refractivity contribution < 1.29 is 4.39 Å². The predicted octanol–water partition coefficient (Wildman–Crippen LogP) is 3.11. The molecule has 2 heteroatoms. The van der Waals surface area contributed by atoms with Gasteiger partial charge in [0.25, 0.3) is 0 Å². The number of hydrogen-bond donors (Lipinski definition) is 0. The molecule has 0 aliphatic carbocycles. The maximum Gasteiger partial charge on any atom is 0.123 e. The van der Waals surface area contributed by atoms with Crippen LogP contribution in [0.4, 0.5) is 4.39 Å². The largest absolute Gasteiger partial charge is 0.207 e. The second kappa shape index (κ2) is 4.89. The molecule has 68 valence electrons. The lowest BCUT2D eigenvalue weighted by Gasteiger charge is -1.96. The average Bonchev–Trinajstić information content (AvgIpc) is 2.09. The molecule has 0 N–H and O–H groups in total. The van der Waals surface area contributed by atoms with E-state index in [9.17, 15) is 4.39 Å². The van der Waals surface area contributed by atoms with Crippen LogP contribution in [0.15, 0.2) is 18.2 Å². The second-order valence-electron chi connectivity index (χ2n) is 2.70. The second-order valence-corrected chi connectivity index (χ2v) is 3.08. The molecular weight excluding hydrogens is 187 g/mol. The van der Waals surface area contributed by atoms with Crippen LogP contribution in [0.25, 0.3) is 0 Å². The lowest BCUT2D eigenvalue weighted by atomic mass is 10.1. The summed E-state index contributed by atoms with van der Waals surface area (Å²) in [6.45, 7) is 1.84. The van der Waals surface area contributed by atoms with Crippen LogP contribution in [-0.4, -0.2) is 5.88 Å². The third kappa shape index (κ3) is 3.08. The summed E-state index contributed by atoms with van der Waals surface area (Å²) in [5.41, 5.74) is 1.73. The lowest BCUT2D eigenvalue weighted by Crippen LogP contribution is -1.83. The van der Waals surface area contributed by atoms with E-state index in [4.69, 9.17) is 11.6 Å². The van der Waals surface area contributed by atoms with Gasteiger partial charge in [0.15, 0.2) is 0 Å². The van der Waals surface area contributed by atoms with Crippen molar-refractivity contribution in [2.24, 2.45) is 0 Å². The van der Waals surface area contributed by atoms with Gasteiger partial charge < -0.3 is 0 Å². The van der Waals surface area contributed by atoms with Crippen molar-refractivity contribution in [3.63, 3.8) is 0 Å². The fourth-order valence-electron chi connectivity index (χ4n) is 0.972. The summed E-state index contributed by atoms with van der Waals surface area (Å²) < 4.78 is 12.7. The van der Waals surface area contributed by atoms with E-state index in [0.717, 1.165) is 11.1 Å². The Kier molecular flexibility index (Phi) is 3.79. The van der Waals surface area contributed by atoms with Gasteiger partial charge in [-0.05, 0) is 30.7 Å². The molecule has 0 saturated carbocycles. The van der Waals surface area contributed by atoms with E-state index in [2.05, 4.69) is 11.8 Å². The minimum absolute atomic E-state index is 0.222. The molecule has 1 rings (SSSR count). The van der Waals surface area contributed by atoms with E-state index in [0.29, 0.717) is 12.3 Å². The highest BCUT2D eigenvalue weighted by atomic mass is 35.5. The van der Waals surface area contributed by atoms with E-state index in [1.807, 2.05) is 6.92 Å². The van der Waals surface area contributed by atoms with Crippen molar-refractivity contribution in [3.8, 4) is 11.8 Å². The molecule has 0 spiro atoms. The van der Waals surface area contributed by atoms with Gasteiger partial charge in [-0.15, -0.1) is 11.6 Å². The molecule has 0 fully saturated rings. The lowest BCUT2D eigenvalue weighted by molar-refractivity contribution is 0.626. The van der Waals surface area contributed by atoms with Crippen molar-refractivity contribution in [1.29, 1.82) is 0 Å². The van der Waals surface area contributed by atoms with Crippen molar-refractivity contribution in [2.45, 2.75) is 13.3 Å². The minimum Gasteiger partial charge on any atom is -0.207 e. The first-order valence-electron chi connectivity index (χ1n) is 4.05. The van der Waals surface area contributed by atoms with Crippen molar-refractivity contribution in [2.75, 3.05) is 5.88 Å².